The van der Waals surface area contributed by atoms with Crippen molar-refractivity contribution in [2.24, 2.45) is 0 Å². The number of rotatable bonds is 1. The molecule has 74 valence electrons. The Morgan fingerprint density at radius 3 is 2.57 bits per heavy atom. The predicted molar refractivity (Wildman–Crippen MR) is 56.0 cm³/mol. The number of likely N-dealkylation sites (N-methyl/N-ethyl adjacent to an activating group) is 1. The molecule has 3 nitrogen and oxygen atoms in total. The fourth-order valence-corrected chi connectivity index (χ4v) is 1.69. The van der Waals surface area contributed by atoms with E-state index in [2.05, 4.69) is 15.9 Å². The molecule has 2 rings (SSSR count). The molecule has 1 aromatic carbocycles. The summed E-state index contributed by atoms with van der Waals surface area (Å²) < 4.78 is 6.20. The number of nitrogens with zero attached hydrogens (tertiary/aromatic N) is 1. The minimum atomic E-state index is -0.252. The molecule has 1 unspecified atom stereocenters. The van der Waals surface area contributed by atoms with Gasteiger partial charge >= 0.3 is 6.09 Å². The van der Waals surface area contributed by atoms with Gasteiger partial charge in [0.25, 0.3) is 0 Å². The zero-order valence-electron chi connectivity index (χ0n) is 7.74. The van der Waals surface area contributed by atoms with Gasteiger partial charge in [0.1, 0.15) is 6.10 Å². The largest absolute Gasteiger partial charge is 0.439 e. The first-order valence-corrected chi connectivity index (χ1v) is 5.13. The lowest BCUT2D eigenvalue weighted by molar-refractivity contribution is 0.135. The highest BCUT2D eigenvalue weighted by Gasteiger charge is 2.29. The Morgan fingerprint density at radius 1 is 1.43 bits per heavy atom. The van der Waals surface area contributed by atoms with E-state index in [0.717, 1.165) is 10.0 Å². The zero-order chi connectivity index (χ0) is 10.1. The predicted octanol–water partition coefficient (Wildman–Crippen LogP) is 2.57. The second-order valence-corrected chi connectivity index (χ2v) is 4.22. The summed E-state index contributed by atoms with van der Waals surface area (Å²) in [5, 5.41) is 0. The Balaban J connectivity index is 2.17. The van der Waals surface area contributed by atoms with Gasteiger partial charge in [0.05, 0.1) is 6.54 Å². The van der Waals surface area contributed by atoms with Crippen molar-refractivity contribution in [2.75, 3.05) is 13.6 Å². The van der Waals surface area contributed by atoms with Crippen molar-refractivity contribution in [1.29, 1.82) is 0 Å². The van der Waals surface area contributed by atoms with Crippen LogP contribution in [0.25, 0.3) is 0 Å². The molecule has 0 saturated carbocycles. The van der Waals surface area contributed by atoms with Gasteiger partial charge in [-0.25, -0.2) is 4.79 Å². The lowest BCUT2D eigenvalue weighted by Crippen LogP contribution is -2.17. The monoisotopic (exact) mass is 255 g/mol. The van der Waals surface area contributed by atoms with Gasteiger partial charge in [-0.1, -0.05) is 28.1 Å². The van der Waals surface area contributed by atoms with Crippen molar-refractivity contribution >= 4 is 22.0 Å². The van der Waals surface area contributed by atoms with Gasteiger partial charge in [0, 0.05) is 11.5 Å². The third-order valence-electron chi connectivity index (χ3n) is 2.24. The minimum Gasteiger partial charge on any atom is -0.439 e. The molecule has 14 heavy (non-hydrogen) atoms. The van der Waals surface area contributed by atoms with E-state index in [1.807, 2.05) is 24.3 Å². The summed E-state index contributed by atoms with van der Waals surface area (Å²) in [6.07, 6.45) is -0.376. The van der Waals surface area contributed by atoms with E-state index in [1.54, 1.807) is 11.9 Å². The molecule has 1 atom stereocenters. The van der Waals surface area contributed by atoms with Gasteiger partial charge in [-0.3, -0.25) is 0 Å². The first kappa shape index (κ1) is 9.52. The second-order valence-electron chi connectivity index (χ2n) is 3.30. The van der Waals surface area contributed by atoms with Crippen molar-refractivity contribution in [3.8, 4) is 0 Å². The van der Waals surface area contributed by atoms with Crippen LogP contribution >= 0.6 is 15.9 Å². The molecule has 1 aromatic rings. The third-order valence-corrected chi connectivity index (χ3v) is 2.76. The summed E-state index contributed by atoms with van der Waals surface area (Å²) in [6, 6.07) is 7.81. The van der Waals surface area contributed by atoms with Gasteiger partial charge in [-0.2, -0.15) is 0 Å². The van der Waals surface area contributed by atoms with Gasteiger partial charge in [0.15, 0.2) is 0 Å². The van der Waals surface area contributed by atoms with Crippen molar-refractivity contribution in [3.63, 3.8) is 0 Å². The molecule has 0 N–H and O–H groups in total. The maximum atomic E-state index is 11.1. The van der Waals surface area contributed by atoms with E-state index in [9.17, 15) is 4.79 Å². The number of hydrogen-bond acceptors (Lipinski definition) is 2. The Kier molecular flexibility index (Phi) is 2.46. The molecule has 0 bridgehead atoms. The van der Waals surface area contributed by atoms with Crippen molar-refractivity contribution in [2.45, 2.75) is 6.10 Å². The molecule has 1 aliphatic rings. The molecule has 0 aromatic heterocycles. The number of carbonyl (C=O) groups is 1. The molecule has 1 aliphatic heterocycles. The lowest BCUT2D eigenvalue weighted by atomic mass is 10.1. The van der Waals surface area contributed by atoms with Crippen molar-refractivity contribution < 1.29 is 9.53 Å². The number of ether oxygens (including phenoxy) is 1. The van der Waals surface area contributed by atoms with E-state index in [-0.39, 0.29) is 12.2 Å². The van der Waals surface area contributed by atoms with Crippen molar-refractivity contribution in [3.05, 3.63) is 34.3 Å². The van der Waals surface area contributed by atoms with Crippen LogP contribution in [0.4, 0.5) is 4.79 Å². The van der Waals surface area contributed by atoms with Crippen molar-refractivity contribution in [1.82, 2.24) is 4.90 Å². The number of amides is 1. The average Bonchev–Trinajstić information content (AvgIpc) is 2.48. The average molecular weight is 256 g/mol. The van der Waals surface area contributed by atoms with Gasteiger partial charge in [-0.05, 0) is 17.7 Å². The first-order valence-electron chi connectivity index (χ1n) is 4.34. The number of halogens is 1. The molecule has 1 saturated heterocycles. The molecule has 0 radical (unpaired) electrons. The number of carbonyl (C=O) groups excluding carboxylic acids is 1. The maximum Gasteiger partial charge on any atom is 0.410 e. The highest BCUT2D eigenvalue weighted by Crippen LogP contribution is 2.25. The second kappa shape index (κ2) is 3.61. The molecule has 0 spiro atoms. The van der Waals surface area contributed by atoms with Crippen LogP contribution in [0.3, 0.4) is 0 Å². The number of hydrogen-bond donors (Lipinski definition) is 0. The molecular formula is C10H10BrNO2. The molecule has 0 aliphatic carbocycles. The quantitative estimate of drug-likeness (QED) is 0.772. The third kappa shape index (κ3) is 1.75. The van der Waals surface area contributed by atoms with E-state index < -0.39 is 0 Å². The molecule has 1 heterocycles. The van der Waals surface area contributed by atoms with Gasteiger partial charge in [-0.15, -0.1) is 0 Å². The summed E-state index contributed by atoms with van der Waals surface area (Å²) in [5.74, 6) is 0. The molecule has 4 heteroatoms. The molecular weight excluding hydrogens is 246 g/mol. The lowest BCUT2D eigenvalue weighted by Gasteiger charge is -2.07. The van der Waals surface area contributed by atoms with Gasteiger partial charge in [0.2, 0.25) is 0 Å². The van der Waals surface area contributed by atoms with Crippen LogP contribution in [0.5, 0.6) is 0 Å². The SMILES string of the molecule is CN1CC(c2ccc(Br)cc2)OC1=O. The highest BCUT2D eigenvalue weighted by atomic mass is 79.9. The Labute approximate surface area is 90.8 Å². The number of benzene rings is 1. The molecule has 1 amide bonds. The Hall–Kier alpha value is -1.03. The molecule has 1 fully saturated rings. The Bertz CT molecular complexity index is 350. The smallest absolute Gasteiger partial charge is 0.410 e. The van der Waals surface area contributed by atoms with E-state index >= 15 is 0 Å². The normalized spacial score (nSPS) is 21.1. The van der Waals surface area contributed by atoms with Crippen LogP contribution in [-0.4, -0.2) is 24.6 Å². The van der Waals surface area contributed by atoms with Crippen LogP contribution in [0, 0.1) is 0 Å². The zero-order valence-corrected chi connectivity index (χ0v) is 9.32. The maximum absolute atomic E-state index is 11.1. The fraction of sp³-hybridized carbons (Fsp3) is 0.300. The van der Waals surface area contributed by atoms with Crippen LogP contribution in [0.2, 0.25) is 0 Å². The summed E-state index contributed by atoms with van der Waals surface area (Å²) in [4.78, 5) is 12.7. The first-order chi connectivity index (χ1) is 6.66. The highest BCUT2D eigenvalue weighted by molar-refractivity contribution is 9.10. The summed E-state index contributed by atoms with van der Waals surface area (Å²) >= 11 is 3.36. The number of cyclic esters (lactones) is 1. The van der Waals surface area contributed by atoms with Crippen LogP contribution in [-0.2, 0) is 4.74 Å². The van der Waals surface area contributed by atoms with Crippen LogP contribution in [0.1, 0.15) is 11.7 Å². The van der Waals surface area contributed by atoms with Crippen LogP contribution in [0.15, 0.2) is 28.7 Å². The van der Waals surface area contributed by atoms with Gasteiger partial charge < -0.3 is 9.64 Å². The minimum absolute atomic E-state index is 0.124. The topological polar surface area (TPSA) is 29.5 Å². The summed E-state index contributed by atoms with van der Waals surface area (Å²) in [5.41, 5.74) is 1.03. The fourth-order valence-electron chi connectivity index (χ4n) is 1.42. The van der Waals surface area contributed by atoms with E-state index in [1.165, 1.54) is 0 Å². The summed E-state index contributed by atoms with van der Waals surface area (Å²) in [6.45, 7) is 0.625. The van der Waals surface area contributed by atoms with E-state index in [4.69, 9.17) is 4.74 Å². The standard InChI is InChI=1S/C10H10BrNO2/c1-12-6-9(14-10(12)13)7-2-4-8(11)5-3-7/h2-5,9H,6H2,1H3. The summed E-state index contributed by atoms with van der Waals surface area (Å²) in [7, 11) is 1.74. The van der Waals surface area contributed by atoms with Crippen LogP contribution < -0.4 is 0 Å². The Morgan fingerprint density at radius 2 is 2.07 bits per heavy atom. The van der Waals surface area contributed by atoms with E-state index in [0.29, 0.717) is 6.54 Å².